The van der Waals surface area contributed by atoms with Gasteiger partial charge in [0.25, 0.3) is 5.91 Å². The number of hydrogen-bond acceptors (Lipinski definition) is 7. The van der Waals surface area contributed by atoms with Gasteiger partial charge < -0.3 is 23.8 Å². The summed E-state index contributed by atoms with van der Waals surface area (Å²) in [5, 5.41) is 3.41. The van der Waals surface area contributed by atoms with Crippen LogP contribution in [-0.2, 0) is 25.6 Å². The summed E-state index contributed by atoms with van der Waals surface area (Å²) in [6.45, 7) is 3.42. The number of nitrogens with one attached hydrogen (secondary N) is 1. The van der Waals surface area contributed by atoms with E-state index >= 15 is 0 Å². The molecule has 0 radical (unpaired) electrons. The number of para-hydroxylation sites is 1. The first kappa shape index (κ1) is 22.8. The van der Waals surface area contributed by atoms with Crippen molar-refractivity contribution < 1.29 is 33.1 Å². The predicted molar refractivity (Wildman–Crippen MR) is 121 cm³/mol. The molecule has 1 aliphatic heterocycles. The molecule has 3 amide bonds. The van der Waals surface area contributed by atoms with Crippen molar-refractivity contribution in [2.24, 2.45) is 0 Å². The number of urea groups is 1. The van der Waals surface area contributed by atoms with Gasteiger partial charge in [0.2, 0.25) is 5.76 Å². The molecule has 1 N–H and O–H groups in total. The van der Waals surface area contributed by atoms with Gasteiger partial charge in [0.1, 0.15) is 17.5 Å². The molecule has 0 aliphatic carbocycles. The summed E-state index contributed by atoms with van der Waals surface area (Å²) in [6.07, 6.45) is 1.60. The minimum atomic E-state index is -0.655. The lowest BCUT2D eigenvalue weighted by Crippen LogP contribution is -2.30. The number of carbonyl (C=O) groups is 4. The van der Waals surface area contributed by atoms with E-state index in [0.29, 0.717) is 5.56 Å². The van der Waals surface area contributed by atoms with Crippen molar-refractivity contribution in [3.63, 3.8) is 0 Å². The van der Waals surface area contributed by atoms with Crippen molar-refractivity contribution in [2.45, 2.75) is 26.4 Å². The first-order valence-electron chi connectivity index (χ1n) is 10.5. The lowest BCUT2D eigenvalue weighted by atomic mass is 10.1. The second-order valence-electron chi connectivity index (χ2n) is 7.72. The summed E-state index contributed by atoms with van der Waals surface area (Å²) >= 11 is 0. The molecule has 10 nitrogen and oxygen atoms in total. The fraction of sp³-hybridized carbons (Fsp3) is 0.250. The number of aromatic nitrogens is 1. The predicted octanol–water partition coefficient (Wildman–Crippen LogP) is 3.16. The molecular formula is C24H23N3O7. The highest BCUT2D eigenvalue weighted by Crippen LogP contribution is 2.32. The number of hydrogen-bond donors (Lipinski definition) is 1. The van der Waals surface area contributed by atoms with Crippen LogP contribution in [0.2, 0.25) is 0 Å². The molecule has 1 saturated heterocycles. The van der Waals surface area contributed by atoms with Crippen LogP contribution in [0.4, 0.5) is 4.79 Å². The van der Waals surface area contributed by atoms with Gasteiger partial charge >= 0.3 is 18.0 Å². The van der Waals surface area contributed by atoms with Crippen LogP contribution in [-0.4, -0.2) is 47.6 Å². The van der Waals surface area contributed by atoms with Crippen LogP contribution < -0.4 is 5.32 Å². The highest BCUT2D eigenvalue weighted by Gasteiger charge is 2.35. The van der Waals surface area contributed by atoms with E-state index in [1.165, 1.54) is 26.4 Å². The number of amides is 3. The zero-order chi connectivity index (χ0) is 24.6. The van der Waals surface area contributed by atoms with Crippen LogP contribution in [0.1, 0.15) is 40.5 Å². The number of carbonyl (C=O) groups excluding carboxylic acids is 4. The highest BCUT2D eigenvalue weighted by molar-refractivity contribution is 6.14. The normalized spacial score (nSPS) is 15.6. The average molecular weight is 465 g/mol. The van der Waals surface area contributed by atoms with Gasteiger partial charge in [-0.15, -0.1) is 0 Å². The van der Waals surface area contributed by atoms with E-state index in [9.17, 15) is 19.2 Å². The third kappa shape index (κ3) is 3.83. The molecule has 0 spiro atoms. The van der Waals surface area contributed by atoms with Crippen LogP contribution in [0.5, 0.6) is 0 Å². The summed E-state index contributed by atoms with van der Waals surface area (Å²) in [5.41, 5.74) is 2.31. The number of ether oxygens (including phenoxy) is 2. The van der Waals surface area contributed by atoms with E-state index in [4.69, 9.17) is 9.15 Å². The largest absolute Gasteiger partial charge is 0.467 e. The van der Waals surface area contributed by atoms with Crippen LogP contribution in [0, 0.1) is 6.92 Å². The average Bonchev–Trinajstić information content (AvgIpc) is 3.49. The summed E-state index contributed by atoms with van der Waals surface area (Å²) in [5.74, 6) is -1.37. The number of methoxy groups -OCH3 is 2. The fourth-order valence-corrected chi connectivity index (χ4v) is 4.06. The molecule has 10 heteroatoms. The molecule has 1 aromatic carbocycles. The minimum Gasteiger partial charge on any atom is -0.467 e. The van der Waals surface area contributed by atoms with E-state index in [2.05, 4.69) is 10.1 Å². The number of nitrogens with zero attached hydrogens (tertiary/aromatic N) is 2. The van der Waals surface area contributed by atoms with Gasteiger partial charge in [-0.1, -0.05) is 18.2 Å². The molecule has 3 aromatic rings. The van der Waals surface area contributed by atoms with Gasteiger partial charge in [-0.25, -0.2) is 14.4 Å². The number of benzene rings is 1. The second-order valence-corrected chi connectivity index (χ2v) is 7.72. The SMILES string of the molecule is COC(=O)c1ccc(CN2C(=O)NC(=Cc3c(C)n(C(C)C(=O)OC)c4ccccc34)C2=O)o1. The molecule has 3 heterocycles. The lowest BCUT2D eigenvalue weighted by Gasteiger charge is -2.15. The second kappa shape index (κ2) is 8.89. The Hall–Kier alpha value is -4.34. The van der Waals surface area contributed by atoms with Crippen LogP contribution >= 0.6 is 0 Å². The van der Waals surface area contributed by atoms with Crippen molar-refractivity contribution in [1.29, 1.82) is 0 Å². The molecule has 2 aromatic heterocycles. The van der Waals surface area contributed by atoms with Gasteiger partial charge in [-0.05, 0) is 38.1 Å². The first-order valence-corrected chi connectivity index (χ1v) is 10.5. The zero-order valence-electron chi connectivity index (χ0n) is 19.1. The molecular weight excluding hydrogens is 442 g/mol. The van der Waals surface area contributed by atoms with Gasteiger partial charge in [-0.3, -0.25) is 9.69 Å². The molecule has 34 heavy (non-hydrogen) atoms. The number of furan rings is 1. The van der Waals surface area contributed by atoms with E-state index in [-0.39, 0.29) is 23.8 Å². The van der Waals surface area contributed by atoms with Crippen molar-refractivity contribution in [3.8, 4) is 0 Å². The Kier molecular flexibility index (Phi) is 5.97. The van der Waals surface area contributed by atoms with E-state index < -0.39 is 29.9 Å². The van der Waals surface area contributed by atoms with Crippen molar-refractivity contribution in [3.05, 3.63) is 64.9 Å². The molecule has 1 atom stereocenters. The van der Waals surface area contributed by atoms with Crippen LogP contribution in [0.3, 0.4) is 0 Å². The van der Waals surface area contributed by atoms with E-state index in [1.807, 2.05) is 35.8 Å². The van der Waals surface area contributed by atoms with Crippen LogP contribution in [0.15, 0.2) is 46.5 Å². The first-order chi connectivity index (χ1) is 16.3. The standard InChI is InChI=1S/C24H23N3O7/c1-13-17(16-7-5-6-8-19(16)27(13)14(2)22(29)32-3)11-18-21(28)26(24(31)25-18)12-15-9-10-20(34-15)23(30)33-4/h5-11,14H,12H2,1-4H3,(H,25,31). The maximum absolute atomic E-state index is 13.0. The Labute approximate surface area is 194 Å². The molecule has 1 unspecified atom stereocenters. The zero-order valence-corrected chi connectivity index (χ0v) is 19.1. The third-order valence-electron chi connectivity index (χ3n) is 5.75. The fourth-order valence-electron chi connectivity index (χ4n) is 4.06. The molecule has 1 fully saturated rings. The summed E-state index contributed by atoms with van der Waals surface area (Å²) < 4.78 is 16.7. The van der Waals surface area contributed by atoms with Gasteiger partial charge in [0.05, 0.1) is 20.8 Å². The Morgan fingerprint density at radius 1 is 1.12 bits per heavy atom. The highest BCUT2D eigenvalue weighted by atomic mass is 16.5. The van der Waals surface area contributed by atoms with Gasteiger partial charge in [0, 0.05) is 22.2 Å². The molecule has 0 bridgehead atoms. The number of rotatable bonds is 6. The van der Waals surface area contributed by atoms with Crippen molar-refractivity contribution >= 4 is 40.9 Å². The monoisotopic (exact) mass is 465 g/mol. The summed E-state index contributed by atoms with van der Waals surface area (Å²) in [4.78, 5) is 50.3. The van der Waals surface area contributed by atoms with Gasteiger partial charge in [0.15, 0.2) is 0 Å². The minimum absolute atomic E-state index is 0.0246. The van der Waals surface area contributed by atoms with Crippen LogP contribution in [0.25, 0.3) is 17.0 Å². The van der Waals surface area contributed by atoms with Gasteiger partial charge in [-0.2, -0.15) is 0 Å². The Balaban J connectivity index is 1.68. The smallest absolute Gasteiger partial charge is 0.373 e. The third-order valence-corrected chi connectivity index (χ3v) is 5.75. The van der Waals surface area contributed by atoms with E-state index in [0.717, 1.165) is 21.5 Å². The molecule has 1 aliphatic rings. The van der Waals surface area contributed by atoms with E-state index in [1.54, 1.807) is 13.0 Å². The summed E-state index contributed by atoms with van der Waals surface area (Å²) in [7, 11) is 2.56. The number of imide groups is 1. The maximum atomic E-state index is 13.0. The molecule has 4 rings (SSSR count). The number of esters is 2. The molecule has 176 valence electrons. The summed E-state index contributed by atoms with van der Waals surface area (Å²) in [6, 6.07) is 9.18. The molecule has 0 saturated carbocycles. The maximum Gasteiger partial charge on any atom is 0.373 e. The Bertz CT molecular complexity index is 1350. The quantitative estimate of drug-likeness (QED) is 0.337. The Morgan fingerprint density at radius 3 is 2.56 bits per heavy atom. The number of fused-ring (bicyclic) bond motifs is 1. The topological polar surface area (TPSA) is 120 Å². The Morgan fingerprint density at radius 2 is 1.85 bits per heavy atom. The van der Waals surface area contributed by atoms with Crippen molar-refractivity contribution in [2.75, 3.05) is 14.2 Å². The van der Waals surface area contributed by atoms with Crippen molar-refractivity contribution in [1.82, 2.24) is 14.8 Å². The lowest BCUT2D eigenvalue weighted by molar-refractivity contribution is -0.144.